The number of nitrogens with zero attached hydrogens (tertiary/aromatic N) is 5. The van der Waals surface area contributed by atoms with Gasteiger partial charge in [0.15, 0.2) is 28.5 Å². The van der Waals surface area contributed by atoms with E-state index >= 15 is 0 Å². The van der Waals surface area contributed by atoms with Crippen molar-refractivity contribution in [2.24, 2.45) is 5.73 Å². The number of imidazole rings is 1. The van der Waals surface area contributed by atoms with Crippen molar-refractivity contribution in [1.29, 1.82) is 0 Å². The van der Waals surface area contributed by atoms with E-state index in [4.69, 9.17) is 20.9 Å². The van der Waals surface area contributed by atoms with E-state index in [1.807, 2.05) is 22.8 Å². The van der Waals surface area contributed by atoms with E-state index in [1.165, 1.54) is 0 Å². The molecule has 0 spiro atoms. The minimum absolute atomic E-state index is 0.0179. The summed E-state index contributed by atoms with van der Waals surface area (Å²) < 4.78 is 27.0. The largest absolute Gasteiger partial charge is 0.454 e. The van der Waals surface area contributed by atoms with Crippen LogP contribution in [0.25, 0.3) is 22.4 Å². The number of nitrogens with one attached hydrogen (secondary N) is 1. The quantitative estimate of drug-likeness (QED) is 0.250. The molecule has 0 radical (unpaired) electrons. The number of nitrogen functional groups attached to an aromatic ring is 1. The number of hydrogen-bond donors (Lipinski definition) is 3. The lowest BCUT2D eigenvalue weighted by Gasteiger charge is -2.12. The predicted octanol–water partition coefficient (Wildman–Crippen LogP) is 2.30. The predicted molar refractivity (Wildman–Crippen MR) is 120 cm³/mol. The molecule has 3 aromatic heterocycles. The summed E-state index contributed by atoms with van der Waals surface area (Å²) in [5.41, 5.74) is 14.5. The maximum Gasteiger partial charge on any atom is 0.312 e. The van der Waals surface area contributed by atoms with Gasteiger partial charge in [-0.25, -0.2) is 4.98 Å². The molecule has 1 aliphatic rings. The monoisotopic (exact) mass is 466 g/mol. The summed E-state index contributed by atoms with van der Waals surface area (Å²) in [7, 11) is 0. The van der Waals surface area contributed by atoms with Crippen LogP contribution in [0.3, 0.4) is 0 Å². The average Bonchev–Trinajstić information content (AvgIpc) is 3.53. The van der Waals surface area contributed by atoms with Gasteiger partial charge in [-0.2, -0.15) is 19.5 Å². The number of hydrogen-bond acceptors (Lipinski definition) is 8. The second-order valence-electron chi connectivity index (χ2n) is 8.02. The molecule has 34 heavy (non-hydrogen) atoms. The minimum Gasteiger partial charge on any atom is -0.454 e. The maximum atomic E-state index is 14.0. The smallest absolute Gasteiger partial charge is 0.312 e. The van der Waals surface area contributed by atoms with E-state index in [-0.39, 0.29) is 18.5 Å². The number of aromatic amines is 1. The molecule has 4 aromatic rings. The lowest BCUT2D eigenvalue weighted by atomic mass is 10.0. The zero-order chi connectivity index (χ0) is 23.7. The van der Waals surface area contributed by atoms with Gasteiger partial charge in [-0.15, -0.1) is 0 Å². The number of anilines is 1. The number of carbonyl (C=O) groups excluding carboxylic acids is 1. The number of aryl methyl sites for hydroxylation is 1. The van der Waals surface area contributed by atoms with Gasteiger partial charge < -0.3 is 25.5 Å². The van der Waals surface area contributed by atoms with Crippen molar-refractivity contribution < 1.29 is 18.7 Å². The summed E-state index contributed by atoms with van der Waals surface area (Å²) in [6.45, 7) is 0.668. The number of benzene rings is 1. The van der Waals surface area contributed by atoms with E-state index in [0.29, 0.717) is 54.3 Å². The van der Waals surface area contributed by atoms with Crippen molar-refractivity contribution in [3.63, 3.8) is 0 Å². The Morgan fingerprint density at radius 3 is 2.74 bits per heavy atom. The Morgan fingerprint density at radius 2 is 1.97 bits per heavy atom. The Hall–Kier alpha value is -4.22. The van der Waals surface area contributed by atoms with E-state index in [2.05, 4.69) is 25.1 Å². The van der Waals surface area contributed by atoms with Gasteiger partial charge in [0.1, 0.15) is 5.82 Å². The maximum absolute atomic E-state index is 14.0. The van der Waals surface area contributed by atoms with Crippen molar-refractivity contribution in [2.45, 2.75) is 38.6 Å². The van der Waals surface area contributed by atoms with Crippen molar-refractivity contribution >= 4 is 22.9 Å². The van der Waals surface area contributed by atoms with Gasteiger partial charge in [0, 0.05) is 31.1 Å². The normalized spacial score (nSPS) is 12.5. The van der Waals surface area contributed by atoms with E-state index < -0.39 is 6.08 Å². The number of carbonyl (C=O) groups is 1. The zero-order valence-electron chi connectivity index (χ0n) is 18.3. The van der Waals surface area contributed by atoms with Gasteiger partial charge >= 0.3 is 6.08 Å². The molecule has 0 saturated carbocycles. The Bertz CT molecular complexity index is 1350. The van der Waals surface area contributed by atoms with Crippen LogP contribution in [0, 0.1) is 6.08 Å². The molecule has 5 N–H and O–H groups in total. The van der Waals surface area contributed by atoms with Crippen LogP contribution in [0.5, 0.6) is 11.5 Å². The van der Waals surface area contributed by atoms with Crippen LogP contribution < -0.4 is 20.9 Å². The van der Waals surface area contributed by atoms with Crippen molar-refractivity contribution in [3.05, 3.63) is 41.9 Å². The lowest BCUT2D eigenvalue weighted by Crippen LogP contribution is -2.10. The van der Waals surface area contributed by atoms with E-state index in [1.54, 1.807) is 6.20 Å². The van der Waals surface area contributed by atoms with Crippen LogP contribution in [0.2, 0.25) is 0 Å². The molecule has 5 rings (SSSR count). The average molecular weight is 466 g/mol. The number of aromatic nitrogens is 6. The fraction of sp³-hybridized carbons (Fsp3) is 0.318. The molecule has 4 heterocycles. The van der Waals surface area contributed by atoms with Crippen LogP contribution in [0.1, 0.15) is 37.1 Å². The SMILES string of the molecule is NC(=O)CCCCCn1c(Cc2cc3c(cc2-c2ccn[nH]2)OCO3)nc2c(N)nc(F)nc21. The van der Waals surface area contributed by atoms with Crippen LogP contribution in [0.15, 0.2) is 24.4 Å². The van der Waals surface area contributed by atoms with Crippen LogP contribution in [0.4, 0.5) is 10.2 Å². The second kappa shape index (κ2) is 8.96. The van der Waals surface area contributed by atoms with E-state index in [9.17, 15) is 9.18 Å². The van der Waals surface area contributed by atoms with Gasteiger partial charge in [0.05, 0.1) is 5.69 Å². The number of halogens is 1. The number of nitrogens with two attached hydrogens (primary N) is 2. The van der Waals surface area contributed by atoms with E-state index in [0.717, 1.165) is 29.7 Å². The Morgan fingerprint density at radius 1 is 1.15 bits per heavy atom. The van der Waals surface area contributed by atoms with Crippen molar-refractivity contribution in [1.82, 2.24) is 29.7 Å². The minimum atomic E-state index is -0.910. The number of rotatable bonds is 9. The second-order valence-corrected chi connectivity index (χ2v) is 8.02. The fourth-order valence-electron chi connectivity index (χ4n) is 4.11. The third-order valence-corrected chi connectivity index (χ3v) is 5.72. The van der Waals surface area contributed by atoms with Crippen LogP contribution in [-0.4, -0.2) is 42.4 Å². The summed E-state index contributed by atoms with van der Waals surface area (Å²) in [5.74, 6) is 1.59. The first kappa shape index (κ1) is 21.6. The number of primary amides is 1. The number of unbranched alkanes of at least 4 members (excludes halogenated alkanes) is 2. The summed E-state index contributed by atoms with van der Waals surface area (Å²) in [4.78, 5) is 23.3. The molecule has 0 aliphatic carbocycles. The molecule has 0 bridgehead atoms. The molecule has 1 aliphatic heterocycles. The highest BCUT2D eigenvalue weighted by molar-refractivity contribution is 5.82. The highest BCUT2D eigenvalue weighted by Crippen LogP contribution is 2.39. The van der Waals surface area contributed by atoms with Crippen LogP contribution >= 0.6 is 0 Å². The first-order chi connectivity index (χ1) is 16.5. The molecule has 176 valence electrons. The fourth-order valence-corrected chi connectivity index (χ4v) is 4.11. The molecule has 0 fully saturated rings. The first-order valence-corrected chi connectivity index (χ1v) is 10.9. The molecular weight excluding hydrogens is 443 g/mol. The summed E-state index contributed by atoms with van der Waals surface area (Å²) >= 11 is 0. The molecular formula is C22H23FN8O3. The molecule has 0 atom stereocenters. The number of ether oxygens (including phenoxy) is 2. The Balaban J connectivity index is 1.52. The van der Waals surface area contributed by atoms with Gasteiger partial charge in [0.25, 0.3) is 0 Å². The highest BCUT2D eigenvalue weighted by atomic mass is 19.1. The number of fused-ring (bicyclic) bond motifs is 2. The Kier molecular flexibility index (Phi) is 5.70. The zero-order valence-corrected chi connectivity index (χ0v) is 18.3. The Labute approximate surface area is 193 Å². The van der Waals surface area contributed by atoms with Crippen molar-refractivity contribution in [3.8, 4) is 22.8 Å². The lowest BCUT2D eigenvalue weighted by molar-refractivity contribution is -0.118. The molecule has 0 saturated heterocycles. The molecule has 0 unspecified atom stereocenters. The standard InChI is InChI=1S/C22H23FN8O3/c23-22-28-20(25)19-21(29-22)31(7-3-1-2-4-17(24)32)18(27-19)9-12-8-15-16(34-11-33-15)10-13(12)14-5-6-26-30-14/h5-6,8,10H,1-4,7,9,11H2,(H2,24,32)(H,26,30)(H2,25,28,29). The molecule has 1 amide bonds. The van der Waals surface area contributed by atoms with Gasteiger partial charge in [0.2, 0.25) is 12.7 Å². The van der Waals surface area contributed by atoms with Crippen LogP contribution in [-0.2, 0) is 17.8 Å². The molecule has 1 aromatic carbocycles. The number of H-pyrrole nitrogens is 1. The van der Waals surface area contributed by atoms with Gasteiger partial charge in [-0.1, -0.05) is 6.42 Å². The highest BCUT2D eigenvalue weighted by Gasteiger charge is 2.22. The molecule has 11 nitrogen and oxygen atoms in total. The topological polar surface area (TPSA) is 160 Å². The van der Waals surface area contributed by atoms with Crippen molar-refractivity contribution in [2.75, 3.05) is 12.5 Å². The van der Waals surface area contributed by atoms with Gasteiger partial charge in [-0.05, 0) is 36.6 Å². The molecule has 12 heteroatoms. The number of amides is 1. The van der Waals surface area contributed by atoms with Gasteiger partial charge in [-0.3, -0.25) is 9.89 Å². The summed E-state index contributed by atoms with van der Waals surface area (Å²) in [6, 6.07) is 5.67. The summed E-state index contributed by atoms with van der Waals surface area (Å²) in [5, 5.41) is 7.04. The first-order valence-electron chi connectivity index (χ1n) is 10.9. The third kappa shape index (κ3) is 4.21. The third-order valence-electron chi connectivity index (χ3n) is 5.72. The summed E-state index contributed by atoms with van der Waals surface area (Å²) in [6.07, 6.45) is 3.65.